The first-order valence-electron chi connectivity index (χ1n) is 9.20. The number of hydrogen-bond acceptors (Lipinski definition) is 4. The molecule has 2 N–H and O–H groups in total. The van der Waals surface area contributed by atoms with Crippen molar-refractivity contribution in [3.8, 4) is 0 Å². The van der Waals surface area contributed by atoms with Gasteiger partial charge in [-0.3, -0.25) is 9.59 Å². The van der Waals surface area contributed by atoms with Gasteiger partial charge in [0.2, 0.25) is 5.91 Å². The highest BCUT2D eigenvalue weighted by Gasteiger charge is 2.18. The first-order chi connectivity index (χ1) is 13.5. The van der Waals surface area contributed by atoms with Crippen molar-refractivity contribution in [2.75, 3.05) is 24.2 Å². The summed E-state index contributed by atoms with van der Waals surface area (Å²) < 4.78 is 6.63. The monoisotopic (exact) mass is 462 g/mol. The Labute approximate surface area is 177 Å². The molecule has 1 atom stereocenters. The number of carbonyl (C=O) groups is 2. The van der Waals surface area contributed by atoms with Crippen LogP contribution in [0.3, 0.4) is 0 Å². The predicted octanol–water partition coefficient (Wildman–Crippen LogP) is 4.40. The van der Waals surface area contributed by atoms with E-state index < -0.39 is 0 Å². The highest BCUT2D eigenvalue weighted by Crippen LogP contribution is 2.26. The van der Waals surface area contributed by atoms with E-state index in [1.54, 1.807) is 17.8 Å². The Morgan fingerprint density at radius 2 is 2.07 bits per heavy atom. The second-order valence-corrected chi connectivity index (χ2v) is 8.55. The van der Waals surface area contributed by atoms with Gasteiger partial charge in [0.05, 0.1) is 18.2 Å². The average molecular weight is 463 g/mol. The first kappa shape index (κ1) is 20.9. The third kappa shape index (κ3) is 5.83. The van der Waals surface area contributed by atoms with Crippen LogP contribution in [0.15, 0.2) is 51.8 Å². The van der Waals surface area contributed by atoms with Gasteiger partial charge < -0.3 is 15.4 Å². The summed E-state index contributed by atoms with van der Waals surface area (Å²) in [6.45, 7) is 2.69. The minimum Gasteiger partial charge on any atom is -0.377 e. The summed E-state index contributed by atoms with van der Waals surface area (Å²) in [4.78, 5) is 25.6. The van der Waals surface area contributed by atoms with Crippen molar-refractivity contribution in [3.05, 3.63) is 58.1 Å². The van der Waals surface area contributed by atoms with Gasteiger partial charge in [0.15, 0.2) is 0 Å². The molecule has 2 aromatic carbocycles. The van der Waals surface area contributed by atoms with Crippen LogP contribution in [0.1, 0.15) is 28.8 Å². The quantitative estimate of drug-likeness (QED) is 0.598. The number of anilines is 1. The molecule has 3 rings (SSSR count). The number of halogens is 1. The average Bonchev–Trinajstić information content (AvgIpc) is 3.21. The molecule has 1 fully saturated rings. The molecule has 0 saturated carbocycles. The summed E-state index contributed by atoms with van der Waals surface area (Å²) in [7, 11) is 0. The summed E-state index contributed by atoms with van der Waals surface area (Å²) in [6.07, 6.45) is 2.42. The fourth-order valence-electron chi connectivity index (χ4n) is 2.92. The van der Waals surface area contributed by atoms with Crippen LogP contribution in [-0.2, 0) is 9.53 Å². The van der Waals surface area contributed by atoms with Gasteiger partial charge in [0.1, 0.15) is 0 Å². The Bertz CT molecular complexity index is 853. The fraction of sp³-hybridized carbons (Fsp3) is 0.333. The van der Waals surface area contributed by atoms with Gasteiger partial charge in [-0.15, -0.1) is 11.8 Å². The topological polar surface area (TPSA) is 67.4 Å². The molecule has 2 aromatic rings. The number of amides is 2. The lowest BCUT2D eigenvalue weighted by Gasteiger charge is -2.12. The zero-order valence-corrected chi connectivity index (χ0v) is 18.1. The van der Waals surface area contributed by atoms with E-state index in [-0.39, 0.29) is 24.5 Å². The van der Waals surface area contributed by atoms with Crippen LogP contribution in [-0.4, -0.2) is 36.8 Å². The third-order valence-electron chi connectivity index (χ3n) is 4.43. The van der Waals surface area contributed by atoms with E-state index >= 15 is 0 Å². The zero-order chi connectivity index (χ0) is 19.9. The summed E-state index contributed by atoms with van der Waals surface area (Å²) in [5.74, 6) is 0.311. The largest absolute Gasteiger partial charge is 0.377 e. The van der Waals surface area contributed by atoms with Crippen LogP contribution in [0.4, 0.5) is 5.69 Å². The number of hydrogen-bond donors (Lipinski definition) is 2. The Kier molecular flexibility index (Phi) is 7.53. The lowest BCUT2D eigenvalue weighted by Crippen LogP contribution is -2.33. The van der Waals surface area contributed by atoms with Gasteiger partial charge in [-0.1, -0.05) is 28.1 Å². The Hall–Kier alpha value is -1.83. The Morgan fingerprint density at radius 3 is 2.82 bits per heavy atom. The molecule has 1 aliphatic rings. The van der Waals surface area contributed by atoms with Gasteiger partial charge in [0, 0.05) is 27.4 Å². The minimum atomic E-state index is -0.264. The van der Waals surface area contributed by atoms with Crippen molar-refractivity contribution in [2.24, 2.45) is 0 Å². The van der Waals surface area contributed by atoms with Crippen molar-refractivity contribution in [1.82, 2.24) is 5.32 Å². The smallest absolute Gasteiger partial charge is 0.252 e. The van der Waals surface area contributed by atoms with E-state index in [2.05, 4.69) is 26.6 Å². The van der Waals surface area contributed by atoms with Crippen LogP contribution in [0.2, 0.25) is 0 Å². The lowest BCUT2D eigenvalue weighted by molar-refractivity contribution is -0.115. The highest BCUT2D eigenvalue weighted by molar-refractivity contribution is 9.10. The molecule has 28 heavy (non-hydrogen) atoms. The summed E-state index contributed by atoms with van der Waals surface area (Å²) in [5.41, 5.74) is 2.31. The normalized spacial score (nSPS) is 16.0. The van der Waals surface area contributed by atoms with Gasteiger partial charge in [0.25, 0.3) is 5.91 Å². The predicted molar refractivity (Wildman–Crippen MR) is 116 cm³/mol. The lowest BCUT2D eigenvalue weighted by atomic mass is 10.2. The second kappa shape index (κ2) is 10.1. The SMILES string of the molecule is Cc1cc(NC(=O)CNC(=O)c2ccccc2SCC2CCCO2)ccc1Br. The molecule has 0 bridgehead atoms. The van der Waals surface area contributed by atoms with Crippen molar-refractivity contribution >= 4 is 45.2 Å². The molecular weight excluding hydrogens is 440 g/mol. The zero-order valence-electron chi connectivity index (χ0n) is 15.7. The number of nitrogens with one attached hydrogen (secondary N) is 2. The van der Waals surface area contributed by atoms with Crippen molar-refractivity contribution in [3.63, 3.8) is 0 Å². The van der Waals surface area contributed by atoms with Crippen LogP contribution < -0.4 is 10.6 Å². The van der Waals surface area contributed by atoms with Gasteiger partial charge in [-0.2, -0.15) is 0 Å². The fourth-order valence-corrected chi connectivity index (χ4v) is 4.29. The van der Waals surface area contributed by atoms with E-state index in [9.17, 15) is 9.59 Å². The maximum absolute atomic E-state index is 12.6. The molecule has 7 heteroatoms. The molecule has 0 aromatic heterocycles. The van der Waals surface area contributed by atoms with Crippen molar-refractivity contribution < 1.29 is 14.3 Å². The third-order valence-corrected chi connectivity index (χ3v) is 6.53. The van der Waals surface area contributed by atoms with Gasteiger partial charge in [-0.25, -0.2) is 0 Å². The van der Waals surface area contributed by atoms with Crippen LogP contribution >= 0.6 is 27.7 Å². The standard InChI is InChI=1S/C21H23BrN2O3S/c1-14-11-15(8-9-18(14)22)24-20(25)12-23-21(26)17-6-2-3-7-19(17)28-13-16-5-4-10-27-16/h2-3,6-9,11,16H,4-5,10,12-13H2,1H3,(H,23,26)(H,24,25). The first-order valence-corrected chi connectivity index (χ1v) is 11.0. The number of benzene rings is 2. The number of carbonyl (C=O) groups excluding carboxylic acids is 2. The summed E-state index contributed by atoms with van der Waals surface area (Å²) >= 11 is 5.05. The molecular formula is C21H23BrN2O3S. The second-order valence-electron chi connectivity index (χ2n) is 6.64. The molecule has 1 heterocycles. The van der Waals surface area contributed by atoms with Gasteiger partial charge >= 0.3 is 0 Å². The number of aryl methyl sites for hydroxylation is 1. The molecule has 0 aliphatic carbocycles. The Morgan fingerprint density at radius 1 is 1.25 bits per heavy atom. The van der Waals surface area contributed by atoms with Crippen LogP contribution in [0.25, 0.3) is 0 Å². The number of ether oxygens (including phenoxy) is 1. The van der Waals surface area contributed by atoms with E-state index in [1.807, 2.05) is 43.3 Å². The molecule has 0 radical (unpaired) electrons. The number of thioether (sulfide) groups is 1. The molecule has 5 nitrogen and oxygen atoms in total. The molecule has 1 saturated heterocycles. The molecule has 148 valence electrons. The summed E-state index contributed by atoms with van der Waals surface area (Å²) in [6, 6.07) is 13.0. The molecule has 1 aliphatic heterocycles. The van der Waals surface area contributed by atoms with Crippen LogP contribution in [0.5, 0.6) is 0 Å². The van der Waals surface area contributed by atoms with Gasteiger partial charge in [-0.05, 0) is 55.7 Å². The van der Waals surface area contributed by atoms with Crippen molar-refractivity contribution in [1.29, 1.82) is 0 Å². The highest BCUT2D eigenvalue weighted by atomic mass is 79.9. The van der Waals surface area contributed by atoms with Crippen LogP contribution in [0, 0.1) is 6.92 Å². The van der Waals surface area contributed by atoms with E-state index in [0.717, 1.165) is 40.1 Å². The number of rotatable bonds is 7. The molecule has 2 amide bonds. The molecule has 0 spiro atoms. The maximum atomic E-state index is 12.6. The van der Waals surface area contributed by atoms with E-state index in [0.29, 0.717) is 11.3 Å². The molecule has 1 unspecified atom stereocenters. The van der Waals surface area contributed by atoms with E-state index in [1.165, 1.54) is 0 Å². The van der Waals surface area contributed by atoms with E-state index in [4.69, 9.17) is 4.74 Å². The maximum Gasteiger partial charge on any atom is 0.252 e. The van der Waals surface area contributed by atoms with Crippen molar-refractivity contribution in [2.45, 2.75) is 30.8 Å². The Balaban J connectivity index is 1.53. The summed E-state index contributed by atoms with van der Waals surface area (Å²) in [5, 5.41) is 5.51. The minimum absolute atomic E-state index is 0.0846.